The van der Waals surface area contributed by atoms with Gasteiger partial charge in [0.05, 0.1) is 5.69 Å². The van der Waals surface area contributed by atoms with Crippen LogP contribution in [0.25, 0.3) is 11.4 Å². The highest BCUT2D eigenvalue weighted by molar-refractivity contribution is 5.60. The van der Waals surface area contributed by atoms with Gasteiger partial charge in [0.2, 0.25) is 0 Å². The second-order valence-corrected chi connectivity index (χ2v) is 4.29. The first kappa shape index (κ1) is 10.7. The number of nitrogens with zero attached hydrogens (tertiary/aromatic N) is 2. The Kier molecular flexibility index (Phi) is 2.69. The van der Waals surface area contributed by atoms with Crippen molar-refractivity contribution in [1.29, 1.82) is 0 Å². The van der Waals surface area contributed by atoms with E-state index in [1.165, 1.54) is 0 Å². The van der Waals surface area contributed by atoms with Gasteiger partial charge in [-0.05, 0) is 5.92 Å². The van der Waals surface area contributed by atoms with Crippen molar-refractivity contribution in [3.8, 4) is 11.4 Å². The number of hydrogen-bond donors (Lipinski definition) is 1. The molecular weight excluding hydrogens is 198 g/mol. The molecule has 16 heavy (non-hydrogen) atoms. The van der Waals surface area contributed by atoms with Crippen LogP contribution in [0.4, 0.5) is 5.82 Å². The van der Waals surface area contributed by atoms with Gasteiger partial charge in [0.25, 0.3) is 0 Å². The minimum Gasteiger partial charge on any atom is -0.384 e. The maximum absolute atomic E-state index is 6.04. The van der Waals surface area contributed by atoms with Gasteiger partial charge in [-0.1, -0.05) is 44.2 Å². The van der Waals surface area contributed by atoms with Gasteiger partial charge in [-0.25, -0.2) is 4.98 Å². The molecule has 0 unspecified atom stereocenters. The van der Waals surface area contributed by atoms with E-state index in [1.54, 1.807) is 0 Å². The summed E-state index contributed by atoms with van der Waals surface area (Å²) in [4.78, 5) is 4.62. The Bertz CT molecular complexity index is 483. The first-order valence-electron chi connectivity index (χ1n) is 5.48. The highest BCUT2D eigenvalue weighted by atomic mass is 15.1. The van der Waals surface area contributed by atoms with Crippen LogP contribution >= 0.6 is 0 Å². The van der Waals surface area contributed by atoms with Gasteiger partial charge in [-0.2, -0.15) is 0 Å². The number of imidazole rings is 1. The van der Waals surface area contributed by atoms with E-state index < -0.39 is 0 Å². The van der Waals surface area contributed by atoms with Crippen molar-refractivity contribution in [3.63, 3.8) is 0 Å². The lowest BCUT2D eigenvalue weighted by Gasteiger charge is -2.03. The molecule has 0 atom stereocenters. The van der Waals surface area contributed by atoms with Crippen LogP contribution in [-0.4, -0.2) is 9.55 Å². The fraction of sp³-hybridized carbons (Fsp3) is 0.308. The van der Waals surface area contributed by atoms with E-state index in [0.717, 1.165) is 22.9 Å². The standard InChI is InChI=1S/C13H17N3/c1-9(2)11-12(14)16(3)13(15-11)10-7-5-4-6-8-10/h4-9H,14H2,1-3H3. The van der Waals surface area contributed by atoms with Crippen LogP contribution < -0.4 is 5.73 Å². The minimum absolute atomic E-state index is 0.351. The topological polar surface area (TPSA) is 43.8 Å². The smallest absolute Gasteiger partial charge is 0.141 e. The molecule has 0 amide bonds. The van der Waals surface area contributed by atoms with Crippen molar-refractivity contribution in [1.82, 2.24) is 9.55 Å². The molecule has 0 saturated carbocycles. The Balaban J connectivity index is 2.55. The number of rotatable bonds is 2. The van der Waals surface area contributed by atoms with Crippen molar-refractivity contribution < 1.29 is 0 Å². The van der Waals surface area contributed by atoms with E-state index in [-0.39, 0.29) is 0 Å². The van der Waals surface area contributed by atoms with Crippen molar-refractivity contribution in [2.75, 3.05) is 5.73 Å². The summed E-state index contributed by atoms with van der Waals surface area (Å²) in [5.41, 5.74) is 8.12. The maximum atomic E-state index is 6.04. The quantitative estimate of drug-likeness (QED) is 0.837. The molecule has 1 aromatic heterocycles. The molecule has 0 saturated heterocycles. The molecule has 1 aromatic carbocycles. The van der Waals surface area contributed by atoms with Gasteiger partial charge in [0, 0.05) is 12.6 Å². The van der Waals surface area contributed by atoms with E-state index in [9.17, 15) is 0 Å². The average Bonchev–Trinajstić information content (AvgIpc) is 2.58. The van der Waals surface area contributed by atoms with Crippen molar-refractivity contribution >= 4 is 5.82 Å². The minimum atomic E-state index is 0.351. The first-order chi connectivity index (χ1) is 7.61. The van der Waals surface area contributed by atoms with Crippen LogP contribution in [0.2, 0.25) is 0 Å². The number of aromatic nitrogens is 2. The maximum Gasteiger partial charge on any atom is 0.141 e. The van der Waals surface area contributed by atoms with E-state index in [0.29, 0.717) is 5.92 Å². The number of hydrogen-bond acceptors (Lipinski definition) is 2. The molecule has 0 aliphatic carbocycles. The highest BCUT2D eigenvalue weighted by Gasteiger charge is 2.15. The third-order valence-electron chi connectivity index (χ3n) is 2.75. The summed E-state index contributed by atoms with van der Waals surface area (Å²) in [6, 6.07) is 10.1. The Hall–Kier alpha value is -1.77. The summed E-state index contributed by atoms with van der Waals surface area (Å²) >= 11 is 0. The molecule has 0 fully saturated rings. The summed E-state index contributed by atoms with van der Waals surface area (Å²) < 4.78 is 1.95. The zero-order valence-electron chi connectivity index (χ0n) is 9.94. The van der Waals surface area contributed by atoms with Crippen molar-refractivity contribution in [2.24, 2.45) is 7.05 Å². The van der Waals surface area contributed by atoms with Crippen LogP contribution in [0.5, 0.6) is 0 Å². The van der Waals surface area contributed by atoms with Gasteiger partial charge >= 0.3 is 0 Å². The van der Waals surface area contributed by atoms with Gasteiger partial charge in [-0.3, -0.25) is 0 Å². The normalized spacial score (nSPS) is 11.0. The van der Waals surface area contributed by atoms with Crippen molar-refractivity contribution in [3.05, 3.63) is 36.0 Å². The van der Waals surface area contributed by atoms with Gasteiger partial charge in [0.1, 0.15) is 11.6 Å². The molecule has 0 aliphatic heterocycles. The molecule has 2 N–H and O–H groups in total. The Labute approximate surface area is 95.9 Å². The van der Waals surface area contributed by atoms with Crippen molar-refractivity contribution in [2.45, 2.75) is 19.8 Å². The molecule has 0 bridgehead atoms. The summed E-state index contributed by atoms with van der Waals surface area (Å²) in [5, 5.41) is 0. The molecule has 1 heterocycles. The van der Waals surface area contributed by atoms with Crippen LogP contribution in [0.3, 0.4) is 0 Å². The van der Waals surface area contributed by atoms with Gasteiger partial charge < -0.3 is 10.3 Å². The van der Waals surface area contributed by atoms with Gasteiger partial charge in [0.15, 0.2) is 0 Å². The zero-order valence-corrected chi connectivity index (χ0v) is 9.94. The summed E-state index contributed by atoms with van der Waals surface area (Å²) in [6.07, 6.45) is 0. The average molecular weight is 215 g/mol. The van der Waals surface area contributed by atoms with Crippen LogP contribution in [0, 0.1) is 0 Å². The second-order valence-electron chi connectivity index (χ2n) is 4.29. The summed E-state index contributed by atoms with van der Waals surface area (Å²) in [5.74, 6) is 2.04. The lowest BCUT2D eigenvalue weighted by Crippen LogP contribution is -2.00. The fourth-order valence-electron chi connectivity index (χ4n) is 1.80. The Morgan fingerprint density at radius 2 is 1.81 bits per heavy atom. The zero-order chi connectivity index (χ0) is 11.7. The number of benzene rings is 1. The third kappa shape index (κ3) is 1.69. The molecule has 0 aliphatic rings. The molecule has 2 rings (SSSR count). The van der Waals surface area contributed by atoms with Crippen LogP contribution in [0.1, 0.15) is 25.5 Å². The van der Waals surface area contributed by atoms with E-state index >= 15 is 0 Å². The molecule has 0 radical (unpaired) electrons. The predicted octanol–water partition coefficient (Wildman–Crippen LogP) is 2.79. The third-order valence-corrected chi connectivity index (χ3v) is 2.75. The number of nitrogens with two attached hydrogens (primary N) is 1. The van der Waals surface area contributed by atoms with E-state index in [1.807, 2.05) is 41.9 Å². The molecule has 2 aromatic rings. The SMILES string of the molecule is CC(C)c1nc(-c2ccccc2)n(C)c1N. The Morgan fingerprint density at radius 1 is 1.19 bits per heavy atom. The molecular formula is C13H17N3. The lowest BCUT2D eigenvalue weighted by atomic mass is 10.1. The summed E-state index contributed by atoms with van der Waals surface area (Å²) in [6.45, 7) is 4.21. The number of nitrogen functional groups attached to an aromatic ring is 1. The van der Waals surface area contributed by atoms with Crippen LogP contribution in [0.15, 0.2) is 30.3 Å². The fourth-order valence-corrected chi connectivity index (χ4v) is 1.80. The monoisotopic (exact) mass is 215 g/mol. The molecule has 0 spiro atoms. The number of anilines is 1. The highest BCUT2D eigenvalue weighted by Crippen LogP contribution is 2.27. The Morgan fingerprint density at radius 3 is 2.31 bits per heavy atom. The second kappa shape index (κ2) is 4.00. The molecule has 3 nitrogen and oxygen atoms in total. The van der Waals surface area contributed by atoms with E-state index in [4.69, 9.17) is 5.73 Å². The lowest BCUT2D eigenvalue weighted by molar-refractivity contribution is 0.834. The van der Waals surface area contributed by atoms with E-state index in [2.05, 4.69) is 18.8 Å². The molecule has 3 heteroatoms. The largest absolute Gasteiger partial charge is 0.384 e. The first-order valence-corrected chi connectivity index (χ1v) is 5.48. The summed E-state index contributed by atoms with van der Waals surface area (Å²) in [7, 11) is 1.95. The van der Waals surface area contributed by atoms with Crippen LogP contribution in [-0.2, 0) is 7.05 Å². The predicted molar refractivity (Wildman–Crippen MR) is 67.1 cm³/mol. The molecule has 84 valence electrons. The van der Waals surface area contributed by atoms with Gasteiger partial charge in [-0.15, -0.1) is 0 Å².